The van der Waals surface area contributed by atoms with Gasteiger partial charge in [0.25, 0.3) is 5.56 Å². The van der Waals surface area contributed by atoms with Gasteiger partial charge >= 0.3 is 0 Å². The first-order valence-electron chi connectivity index (χ1n) is 10.6. The number of benzene rings is 2. The lowest BCUT2D eigenvalue weighted by molar-refractivity contribution is 0.0669. The van der Waals surface area contributed by atoms with Crippen molar-refractivity contribution in [1.82, 2.24) is 9.78 Å². The minimum atomic E-state index is -0.337. The number of ether oxygens (including phenoxy) is 3. The highest BCUT2D eigenvalue weighted by Gasteiger charge is 2.17. The average Bonchev–Trinajstić information content (AvgIpc) is 3.35. The molecule has 1 saturated heterocycles. The Morgan fingerprint density at radius 2 is 2.03 bits per heavy atom. The Hall–Kier alpha value is -3.03. The summed E-state index contributed by atoms with van der Waals surface area (Å²) in [5, 5.41) is 7.55. The number of nitrogens with zero attached hydrogens (tertiary/aromatic N) is 2. The molecule has 1 aliphatic rings. The average molecular weight is 456 g/mol. The summed E-state index contributed by atoms with van der Waals surface area (Å²) in [6.07, 6.45) is 3.80. The van der Waals surface area contributed by atoms with Crippen LogP contribution in [0.1, 0.15) is 24.0 Å². The van der Waals surface area contributed by atoms with Gasteiger partial charge in [-0.15, -0.1) is 0 Å². The van der Waals surface area contributed by atoms with E-state index in [4.69, 9.17) is 25.8 Å². The highest BCUT2D eigenvalue weighted by atomic mass is 35.5. The molecule has 32 heavy (non-hydrogen) atoms. The third-order valence-corrected chi connectivity index (χ3v) is 5.69. The Morgan fingerprint density at radius 3 is 2.78 bits per heavy atom. The summed E-state index contributed by atoms with van der Waals surface area (Å²) in [6.45, 7) is 2.12. The van der Waals surface area contributed by atoms with Crippen molar-refractivity contribution < 1.29 is 14.2 Å². The molecule has 1 aliphatic heterocycles. The molecule has 1 N–H and O–H groups in total. The van der Waals surface area contributed by atoms with E-state index in [1.54, 1.807) is 13.3 Å². The van der Waals surface area contributed by atoms with Gasteiger partial charge in [-0.25, -0.2) is 4.68 Å². The third-order valence-electron chi connectivity index (χ3n) is 5.32. The minimum absolute atomic E-state index is 0.111. The van der Waals surface area contributed by atoms with Crippen molar-refractivity contribution in [3.8, 4) is 11.5 Å². The van der Waals surface area contributed by atoms with E-state index < -0.39 is 0 Å². The maximum atomic E-state index is 12.6. The molecule has 1 aromatic heterocycles. The summed E-state index contributed by atoms with van der Waals surface area (Å²) in [5.41, 5.74) is 2.08. The lowest BCUT2D eigenvalue weighted by atomic mass is 10.2. The number of methoxy groups -OCH3 is 1. The lowest BCUT2D eigenvalue weighted by Gasteiger charge is -2.15. The fourth-order valence-corrected chi connectivity index (χ4v) is 3.77. The fraction of sp³-hybridized carbons (Fsp3) is 0.333. The molecule has 4 rings (SSSR count). The number of aromatic nitrogens is 2. The van der Waals surface area contributed by atoms with Gasteiger partial charge in [0.1, 0.15) is 11.6 Å². The first-order valence-corrected chi connectivity index (χ1v) is 11.0. The van der Waals surface area contributed by atoms with E-state index >= 15 is 0 Å². The molecule has 8 heteroatoms. The van der Waals surface area contributed by atoms with Crippen molar-refractivity contribution in [3.63, 3.8) is 0 Å². The summed E-state index contributed by atoms with van der Waals surface area (Å²) in [6, 6.07) is 15.4. The van der Waals surface area contributed by atoms with Gasteiger partial charge in [0.05, 0.1) is 31.6 Å². The second-order valence-corrected chi connectivity index (χ2v) is 7.98. The van der Waals surface area contributed by atoms with Gasteiger partial charge in [-0.3, -0.25) is 4.79 Å². The summed E-state index contributed by atoms with van der Waals surface area (Å²) >= 11 is 6.33. The molecule has 0 saturated carbocycles. The smallest absolute Gasteiger partial charge is 0.287 e. The molecule has 0 spiro atoms. The molecule has 2 heterocycles. The van der Waals surface area contributed by atoms with Gasteiger partial charge in [-0.05, 0) is 36.1 Å². The zero-order chi connectivity index (χ0) is 22.3. The van der Waals surface area contributed by atoms with Gasteiger partial charge in [0.2, 0.25) is 0 Å². The van der Waals surface area contributed by atoms with E-state index in [0.717, 1.165) is 30.6 Å². The van der Waals surface area contributed by atoms with Gasteiger partial charge < -0.3 is 19.5 Å². The van der Waals surface area contributed by atoms with Crippen molar-refractivity contribution in [1.29, 1.82) is 0 Å². The Bertz CT molecular complexity index is 1100. The first-order chi connectivity index (χ1) is 15.6. The highest BCUT2D eigenvalue weighted by Crippen LogP contribution is 2.29. The number of nitrogens with one attached hydrogen (secondary N) is 1. The van der Waals surface area contributed by atoms with Crippen LogP contribution in [0.5, 0.6) is 11.5 Å². The standard InChI is InChI=1S/C24H26ClN3O4/c1-30-22-12-18(9-10-21(22)32-16-19-8-5-11-31-19)13-26-20-14-27-28(24(29)23(20)25)15-17-6-3-2-4-7-17/h2-4,6-7,9-10,12,14,19,26H,5,8,11,13,15-16H2,1H3. The molecule has 0 radical (unpaired) electrons. The van der Waals surface area contributed by atoms with Gasteiger partial charge in [0, 0.05) is 13.2 Å². The first kappa shape index (κ1) is 22.2. The van der Waals surface area contributed by atoms with Crippen molar-refractivity contribution in [2.75, 3.05) is 25.6 Å². The Kier molecular flexibility index (Phi) is 7.29. The lowest BCUT2D eigenvalue weighted by Crippen LogP contribution is -2.24. The van der Waals surface area contributed by atoms with Gasteiger partial charge in [-0.2, -0.15) is 5.10 Å². The summed E-state index contributed by atoms with van der Waals surface area (Å²) < 4.78 is 18.3. The quantitative estimate of drug-likeness (QED) is 0.523. The normalized spacial score (nSPS) is 15.5. The largest absolute Gasteiger partial charge is 0.493 e. The number of rotatable bonds is 9. The molecule has 1 fully saturated rings. The van der Waals surface area contributed by atoms with E-state index in [-0.39, 0.29) is 16.7 Å². The number of hydrogen-bond donors (Lipinski definition) is 1. The second kappa shape index (κ2) is 10.5. The molecule has 0 aliphatic carbocycles. The van der Waals surface area contributed by atoms with E-state index in [9.17, 15) is 4.79 Å². The van der Waals surface area contributed by atoms with Crippen LogP contribution in [0.25, 0.3) is 0 Å². The van der Waals surface area contributed by atoms with Crippen LogP contribution >= 0.6 is 11.6 Å². The molecule has 1 atom stereocenters. The van der Waals surface area contributed by atoms with E-state index in [1.165, 1.54) is 4.68 Å². The van der Waals surface area contributed by atoms with E-state index in [1.807, 2.05) is 48.5 Å². The van der Waals surface area contributed by atoms with Crippen LogP contribution < -0.4 is 20.3 Å². The van der Waals surface area contributed by atoms with Crippen LogP contribution in [-0.2, 0) is 17.8 Å². The summed E-state index contributed by atoms with van der Waals surface area (Å²) in [5.74, 6) is 1.32. The predicted octanol–water partition coefficient (Wildman–Crippen LogP) is 4.12. The Morgan fingerprint density at radius 1 is 1.19 bits per heavy atom. The molecular weight excluding hydrogens is 430 g/mol. The highest BCUT2D eigenvalue weighted by molar-refractivity contribution is 6.32. The molecule has 7 nitrogen and oxygen atoms in total. The van der Waals surface area contributed by atoms with Gasteiger partial charge in [-0.1, -0.05) is 48.0 Å². The second-order valence-electron chi connectivity index (χ2n) is 7.61. The van der Waals surface area contributed by atoms with E-state index in [2.05, 4.69) is 10.4 Å². The van der Waals surface area contributed by atoms with Crippen LogP contribution in [0, 0.1) is 0 Å². The third kappa shape index (κ3) is 5.41. The van der Waals surface area contributed by atoms with Gasteiger partial charge in [0.15, 0.2) is 11.5 Å². The van der Waals surface area contributed by atoms with Crippen molar-refractivity contribution in [3.05, 3.63) is 81.2 Å². The molecule has 2 aromatic carbocycles. The summed E-state index contributed by atoms with van der Waals surface area (Å²) in [7, 11) is 1.61. The Labute approximate surface area is 191 Å². The van der Waals surface area contributed by atoms with Crippen molar-refractivity contribution >= 4 is 17.3 Å². The molecular formula is C24H26ClN3O4. The molecule has 3 aromatic rings. The number of anilines is 1. The van der Waals surface area contributed by atoms with Crippen molar-refractivity contribution in [2.24, 2.45) is 0 Å². The Balaban J connectivity index is 1.40. The number of halogens is 1. The monoisotopic (exact) mass is 455 g/mol. The maximum absolute atomic E-state index is 12.6. The topological polar surface area (TPSA) is 74.6 Å². The molecule has 1 unspecified atom stereocenters. The maximum Gasteiger partial charge on any atom is 0.287 e. The van der Waals surface area contributed by atoms with Crippen LogP contribution in [0.2, 0.25) is 5.02 Å². The predicted molar refractivity (Wildman–Crippen MR) is 124 cm³/mol. The van der Waals surface area contributed by atoms with Crippen LogP contribution in [0.3, 0.4) is 0 Å². The fourth-order valence-electron chi connectivity index (χ4n) is 3.55. The van der Waals surface area contributed by atoms with Crippen LogP contribution in [0.15, 0.2) is 59.5 Å². The van der Waals surface area contributed by atoms with Crippen LogP contribution in [-0.4, -0.2) is 36.2 Å². The molecule has 0 amide bonds. The zero-order valence-electron chi connectivity index (χ0n) is 17.9. The summed E-state index contributed by atoms with van der Waals surface area (Å²) in [4.78, 5) is 12.6. The van der Waals surface area contributed by atoms with E-state index in [0.29, 0.717) is 36.9 Å². The molecule has 168 valence electrons. The zero-order valence-corrected chi connectivity index (χ0v) is 18.7. The SMILES string of the molecule is COc1cc(CNc2cnn(Cc3ccccc3)c(=O)c2Cl)ccc1OCC1CCCO1. The van der Waals surface area contributed by atoms with Crippen molar-refractivity contribution in [2.45, 2.75) is 32.0 Å². The van der Waals surface area contributed by atoms with Crippen LogP contribution in [0.4, 0.5) is 5.69 Å². The minimum Gasteiger partial charge on any atom is -0.493 e. The molecule has 0 bridgehead atoms. The number of hydrogen-bond acceptors (Lipinski definition) is 6.